The van der Waals surface area contributed by atoms with Gasteiger partial charge >= 0.3 is 0 Å². The number of nitrogens with one attached hydrogen (secondary N) is 1. The normalized spacial score (nSPS) is 9.63. The number of amides is 2. The number of halogens is 2. The van der Waals surface area contributed by atoms with Gasteiger partial charge in [0.2, 0.25) is 5.91 Å². The summed E-state index contributed by atoms with van der Waals surface area (Å²) in [5.41, 5.74) is 5.31. The summed E-state index contributed by atoms with van der Waals surface area (Å²) in [4.78, 5) is 24.6. The zero-order valence-electron chi connectivity index (χ0n) is 10.5. The minimum Gasteiger partial charge on any atom is -0.444 e. The molecule has 1 heterocycles. The third-order valence-electron chi connectivity index (χ3n) is 2.21. The van der Waals surface area contributed by atoms with E-state index < -0.39 is 0 Å². The second-order valence-corrected chi connectivity index (χ2v) is 4.54. The van der Waals surface area contributed by atoms with E-state index in [-0.39, 0.29) is 36.5 Å². The molecule has 3 N–H and O–H groups in total. The molecule has 0 bridgehead atoms. The van der Waals surface area contributed by atoms with Gasteiger partial charge in [-0.15, -0.1) is 12.4 Å². The smallest absolute Gasteiger partial charge is 0.289 e. The van der Waals surface area contributed by atoms with Crippen molar-refractivity contribution in [3.05, 3.63) is 22.6 Å². The second kappa shape index (κ2) is 8.95. The van der Waals surface area contributed by atoms with Crippen molar-refractivity contribution in [2.45, 2.75) is 6.42 Å². The van der Waals surface area contributed by atoms with Crippen LogP contribution in [0.25, 0.3) is 0 Å². The van der Waals surface area contributed by atoms with Gasteiger partial charge in [-0.25, -0.2) is 0 Å². The Morgan fingerprint density at radius 1 is 1.47 bits per heavy atom. The number of nitrogens with zero attached hydrogens (tertiary/aromatic N) is 1. The predicted octanol–water partition coefficient (Wildman–Crippen LogP) is 1.00. The molecule has 0 fully saturated rings. The summed E-state index contributed by atoms with van der Waals surface area (Å²) in [6.07, 6.45) is 0.717. The summed E-state index contributed by atoms with van der Waals surface area (Å²) in [5, 5.41) is 2.67. The maximum Gasteiger partial charge on any atom is 0.289 e. The summed E-state index contributed by atoms with van der Waals surface area (Å²) in [7, 11) is 1.54. The zero-order chi connectivity index (χ0) is 13.5. The van der Waals surface area contributed by atoms with Crippen LogP contribution in [-0.2, 0) is 4.79 Å². The molecule has 0 atom stereocenters. The van der Waals surface area contributed by atoms with Crippen molar-refractivity contribution >= 4 is 40.2 Å². The van der Waals surface area contributed by atoms with Crippen LogP contribution >= 0.6 is 28.3 Å². The first-order valence-corrected chi connectivity index (χ1v) is 6.31. The molecular weight excluding hydrogens is 337 g/mol. The quantitative estimate of drug-likeness (QED) is 0.746. The minimum absolute atomic E-state index is 0. The fraction of sp³-hybridized carbons (Fsp3) is 0.455. The lowest BCUT2D eigenvalue weighted by Gasteiger charge is -2.15. The van der Waals surface area contributed by atoms with Crippen molar-refractivity contribution in [3.8, 4) is 0 Å². The van der Waals surface area contributed by atoms with Crippen molar-refractivity contribution in [2.24, 2.45) is 5.73 Å². The summed E-state index contributed by atoms with van der Waals surface area (Å²) in [6.45, 7) is 1.03. The lowest BCUT2D eigenvalue weighted by molar-refractivity contribution is -0.121. The highest BCUT2D eigenvalue weighted by molar-refractivity contribution is 9.10. The average molecular weight is 355 g/mol. The van der Waals surface area contributed by atoms with Crippen molar-refractivity contribution in [1.82, 2.24) is 10.2 Å². The first-order valence-electron chi connectivity index (χ1n) is 5.52. The number of likely N-dealkylation sites (N-methyl/N-ethyl adjacent to an activating group) is 1. The Morgan fingerprint density at radius 2 is 2.16 bits per heavy atom. The monoisotopic (exact) mass is 353 g/mol. The van der Waals surface area contributed by atoms with E-state index >= 15 is 0 Å². The first-order chi connectivity index (χ1) is 8.54. The molecule has 1 aromatic rings. The summed E-state index contributed by atoms with van der Waals surface area (Å²) in [5.74, 6) is -0.362. The van der Waals surface area contributed by atoms with Crippen LogP contribution < -0.4 is 11.1 Å². The van der Waals surface area contributed by atoms with Gasteiger partial charge in [0.25, 0.3) is 5.91 Å². The van der Waals surface area contributed by atoms with E-state index in [9.17, 15) is 9.59 Å². The van der Waals surface area contributed by atoms with Crippen molar-refractivity contribution in [1.29, 1.82) is 0 Å². The molecule has 2 amide bonds. The topological polar surface area (TPSA) is 88.6 Å². The van der Waals surface area contributed by atoms with Gasteiger partial charge in [-0.05, 0) is 41.0 Å². The Kier molecular flexibility index (Phi) is 8.46. The molecule has 1 rings (SSSR count). The van der Waals surface area contributed by atoms with Crippen molar-refractivity contribution < 1.29 is 14.0 Å². The standard InChI is InChI=1S/C11H16BrN3O3.ClH/c1-15(7-10(16)14-6-2-5-13)11(17)8-3-4-9(12)18-8;/h3-4H,2,5-7,13H2,1H3,(H,14,16);1H. The third-order valence-corrected chi connectivity index (χ3v) is 2.64. The predicted molar refractivity (Wildman–Crippen MR) is 77.3 cm³/mol. The molecule has 0 saturated carbocycles. The van der Waals surface area contributed by atoms with E-state index in [1.165, 1.54) is 4.90 Å². The van der Waals surface area contributed by atoms with Crippen LogP contribution in [0.3, 0.4) is 0 Å². The van der Waals surface area contributed by atoms with E-state index in [1.807, 2.05) is 0 Å². The molecule has 0 aliphatic heterocycles. The molecular formula is C11H17BrClN3O3. The van der Waals surface area contributed by atoms with Gasteiger partial charge in [0.05, 0.1) is 6.54 Å². The number of hydrogen-bond acceptors (Lipinski definition) is 4. The van der Waals surface area contributed by atoms with E-state index in [4.69, 9.17) is 10.2 Å². The molecule has 108 valence electrons. The largest absolute Gasteiger partial charge is 0.444 e. The molecule has 0 aromatic carbocycles. The third kappa shape index (κ3) is 6.09. The summed E-state index contributed by atoms with van der Waals surface area (Å²) >= 11 is 3.11. The van der Waals surface area contributed by atoms with Gasteiger partial charge in [-0.1, -0.05) is 0 Å². The fourth-order valence-corrected chi connectivity index (χ4v) is 1.60. The molecule has 0 saturated heterocycles. The Morgan fingerprint density at radius 3 is 2.68 bits per heavy atom. The number of nitrogens with two attached hydrogens (primary N) is 1. The van der Waals surface area contributed by atoms with Gasteiger partial charge in [0, 0.05) is 13.6 Å². The van der Waals surface area contributed by atoms with Gasteiger partial charge in [-0.3, -0.25) is 9.59 Å². The van der Waals surface area contributed by atoms with Crippen LogP contribution in [0.2, 0.25) is 0 Å². The highest BCUT2D eigenvalue weighted by atomic mass is 79.9. The molecule has 0 unspecified atom stereocenters. The molecule has 19 heavy (non-hydrogen) atoms. The van der Waals surface area contributed by atoms with Crippen LogP contribution in [0.5, 0.6) is 0 Å². The lowest BCUT2D eigenvalue weighted by Crippen LogP contribution is -2.38. The van der Waals surface area contributed by atoms with Crippen LogP contribution in [0, 0.1) is 0 Å². The van der Waals surface area contributed by atoms with Crippen LogP contribution in [0.15, 0.2) is 21.2 Å². The molecule has 6 nitrogen and oxygen atoms in total. The lowest BCUT2D eigenvalue weighted by atomic mass is 10.3. The zero-order valence-corrected chi connectivity index (χ0v) is 12.9. The molecule has 0 aliphatic carbocycles. The summed E-state index contributed by atoms with van der Waals surface area (Å²) < 4.78 is 5.60. The van der Waals surface area contributed by atoms with E-state index in [2.05, 4.69) is 21.2 Å². The molecule has 0 radical (unpaired) electrons. The summed E-state index contributed by atoms with van der Waals surface area (Å²) in [6, 6.07) is 3.18. The molecule has 8 heteroatoms. The fourth-order valence-electron chi connectivity index (χ4n) is 1.29. The highest BCUT2D eigenvalue weighted by Gasteiger charge is 2.17. The van der Waals surface area contributed by atoms with Crippen molar-refractivity contribution in [3.63, 3.8) is 0 Å². The average Bonchev–Trinajstić information content (AvgIpc) is 2.75. The van der Waals surface area contributed by atoms with Crippen LogP contribution in [0.4, 0.5) is 0 Å². The first kappa shape index (κ1) is 17.9. The SMILES string of the molecule is CN(CC(=O)NCCCN)C(=O)c1ccc(Br)o1.Cl. The molecule has 1 aromatic heterocycles. The second-order valence-electron chi connectivity index (χ2n) is 3.76. The van der Waals surface area contributed by atoms with Gasteiger partial charge in [0.1, 0.15) is 0 Å². The van der Waals surface area contributed by atoms with Gasteiger partial charge in [0.15, 0.2) is 10.4 Å². The van der Waals surface area contributed by atoms with Gasteiger partial charge in [-0.2, -0.15) is 0 Å². The van der Waals surface area contributed by atoms with Crippen LogP contribution in [0.1, 0.15) is 17.0 Å². The number of carbonyl (C=O) groups is 2. The minimum atomic E-state index is -0.338. The Hall–Kier alpha value is -1.05. The Balaban J connectivity index is 0.00000324. The number of furan rings is 1. The van der Waals surface area contributed by atoms with E-state index in [0.717, 1.165) is 0 Å². The van der Waals surface area contributed by atoms with E-state index in [0.29, 0.717) is 24.2 Å². The maximum absolute atomic E-state index is 11.8. The van der Waals surface area contributed by atoms with Gasteiger partial charge < -0.3 is 20.4 Å². The molecule has 0 spiro atoms. The number of hydrogen-bond donors (Lipinski definition) is 2. The van der Waals surface area contributed by atoms with E-state index in [1.54, 1.807) is 19.2 Å². The highest BCUT2D eigenvalue weighted by Crippen LogP contribution is 2.15. The number of carbonyl (C=O) groups excluding carboxylic acids is 2. The maximum atomic E-state index is 11.8. The number of rotatable bonds is 6. The molecule has 0 aliphatic rings. The van der Waals surface area contributed by atoms with Crippen molar-refractivity contribution in [2.75, 3.05) is 26.7 Å². The van der Waals surface area contributed by atoms with Crippen LogP contribution in [-0.4, -0.2) is 43.4 Å². The Labute approximate surface area is 126 Å². The Bertz CT molecular complexity index is 425.